The van der Waals surface area contributed by atoms with Crippen molar-refractivity contribution in [1.29, 1.82) is 0 Å². The normalized spacial score (nSPS) is 14.6. The van der Waals surface area contributed by atoms with Crippen molar-refractivity contribution < 1.29 is 14.3 Å². The first-order valence-corrected chi connectivity index (χ1v) is 10.9. The van der Waals surface area contributed by atoms with Crippen LogP contribution in [-0.2, 0) is 11.3 Å². The molecule has 4 rings (SSSR count). The van der Waals surface area contributed by atoms with Crippen LogP contribution in [0.15, 0.2) is 55.0 Å². The van der Waals surface area contributed by atoms with E-state index in [4.69, 9.17) is 20.2 Å². The predicted molar refractivity (Wildman–Crippen MR) is 124 cm³/mol. The minimum Gasteiger partial charge on any atom is -0.493 e. The van der Waals surface area contributed by atoms with Gasteiger partial charge in [0, 0.05) is 24.9 Å². The zero-order valence-electron chi connectivity index (χ0n) is 18.6. The van der Waals surface area contributed by atoms with Crippen LogP contribution in [-0.4, -0.2) is 52.6 Å². The third-order valence-electron chi connectivity index (χ3n) is 5.58. The number of primary amides is 1. The van der Waals surface area contributed by atoms with Crippen LogP contribution in [0, 0.1) is 0 Å². The molecule has 1 aromatic carbocycles. The van der Waals surface area contributed by atoms with Crippen LogP contribution in [0.4, 0.5) is 11.6 Å². The number of carbonyl (C=O) groups is 1. The number of hydrogen-bond acceptors (Lipinski definition) is 8. The molecule has 0 spiro atoms. The lowest BCUT2D eigenvalue weighted by molar-refractivity contribution is -0.119. The number of benzene rings is 1. The lowest BCUT2D eigenvalue weighted by Crippen LogP contribution is -2.32. The Labute approximate surface area is 193 Å². The summed E-state index contributed by atoms with van der Waals surface area (Å²) in [4.78, 5) is 26.8. The number of piperidine rings is 1. The van der Waals surface area contributed by atoms with Gasteiger partial charge in [-0.3, -0.25) is 14.7 Å². The van der Waals surface area contributed by atoms with E-state index < -0.39 is 5.91 Å². The molecule has 9 nitrogen and oxygen atoms in total. The van der Waals surface area contributed by atoms with Gasteiger partial charge in [-0.1, -0.05) is 12.1 Å². The van der Waals surface area contributed by atoms with Gasteiger partial charge >= 0.3 is 0 Å². The maximum atomic E-state index is 11.0. The van der Waals surface area contributed by atoms with Gasteiger partial charge in [-0.25, -0.2) is 9.97 Å². The quantitative estimate of drug-likeness (QED) is 0.513. The van der Waals surface area contributed by atoms with Crippen molar-refractivity contribution >= 4 is 17.5 Å². The molecule has 0 atom stereocenters. The maximum absolute atomic E-state index is 11.0. The predicted octanol–water partition coefficient (Wildman–Crippen LogP) is 2.87. The maximum Gasteiger partial charge on any atom is 0.255 e. The van der Waals surface area contributed by atoms with E-state index in [2.05, 4.69) is 20.2 Å². The lowest BCUT2D eigenvalue weighted by atomic mass is 9.93. The second-order valence-corrected chi connectivity index (χ2v) is 7.96. The van der Waals surface area contributed by atoms with Gasteiger partial charge in [0.05, 0.1) is 19.0 Å². The molecular formula is C24H28N6O3. The highest BCUT2D eigenvalue weighted by atomic mass is 16.5. The van der Waals surface area contributed by atoms with Gasteiger partial charge in [0.15, 0.2) is 18.1 Å². The molecule has 0 radical (unpaired) electrons. The third-order valence-corrected chi connectivity index (χ3v) is 5.58. The molecule has 3 N–H and O–H groups in total. The van der Waals surface area contributed by atoms with Crippen LogP contribution < -0.4 is 20.5 Å². The number of rotatable bonds is 9. The second-order valence-electron chi connectivity index (χ2n) is 7.96. The molecule has 9 heteroatoms. The molecular weight excluding hydrogens is 420 g/mol. The Balaban J connectivity index is 1.33. The summed E-state index contributed by atoms with van der Waals surface area (Å²) in [6.07, 6.45) is 7.35. The number of nitrogens with one attached hydrogen (secondary N) is 1. The molecule has 0 unspecified atom stereocenters. The monoisotopic (exact) mass is 448 g/mol. The van der Waals surface area contributed by atoms with E-state index in [9.17, 15) is 4.79 Å². The first-order chi connectivity index (χ1) is 16.1. The summed E-state index contributed by atoms with van der Waals surface area (Å²) in [5.41, 5.74) is 7.29. The summed E-state index contributed by atoms with van der Waals surface area (Å²) in [6, 6.07) is 11.5. The van der Waals surface area contributed by atoms with Crippen LogP contribution in [0.3, 0.4) is 0 Å². The summed E-state index contributed by atoms with van der Waals surface area (Å²) in [6.45, 7) is 2.57. The molecule has 2 aromatic heterocycles. The van der Waals surface area contributed by atoms with Crippen molar-refractivity contribution in [2.75, 3.05) is 32.1 Å². The number of nitrogens with zero attached hydrogens (tertiary/aromatic N) is 4. The van der Waals surface area contributed by atoms with Gasteiger partial charge in [-0.05, 0) is 55.8 Å². The topological polar surface area (TPSA) is 115 Å². The number of likely N-dealkylation sites (tertiary alicyclic amines) is 1. The van der Waals surface area contributed by atoms with E-state index in [1.54, 1.807) is 19.5 Å². The Morgan fingerprint density at radius 2 is 2.00 bits per heavy atom. The molecule has 172 valence electrons. The molecule has 3 aromatic rings. The summed E-state index contributed by atoms with van der Waals surface area (Å²) in [7, 11) is 1.58. The van der Waals surface area contributed by atoms with Crippen molar-refractivity contribution in [2.45, 2.75) is 25.3 Å². The Bertz CT molecular complexity index is 1070. The lowest BCUT2D eigenvalue weighted by Gasteiger charge is -2.31. The molecule has 1 saturated heterocycles. The fraction of sp³-hybridized carbons (Fsp3) is 0.333. The molecule has 0 aliphatic carbocycles. The number of hydrogen-bond donors (Lipinski definition) is 2. The zero-order valence-corrected chi connectivity index (χ0v) is 18.6. The number of pyridine rings is 1. The van der Waals surface area contributed by atoms with E-state index in [0.29, 0.717) is 23.2 Å². The van der Waals surface area contributed by atoms with Gasteiger partial charge in [-0.15, -0.1) is 0 Å². The van der Waals surface area contributed by atoms with E-state index in [-0.39, 0.29) is 6.61 Å². The summed E-state index contributed by atoms with van der Waals surface area (Å²) < 4.78 is 10.8. The van der Waals surface area contributed by atoms with Crippen molar-refractivity contribution in [3.05, 3.63) is 66.2 Å². The van der Waals surface area contributed by atoms with Crippen molar-refractivity contribution in [3.63, 3.8) is 0 Å². The van der Waals surface area contributed by atoms with Crippen LogP contribution in [0.25, 0.3) is 0 Å². The second kappa shape index (κ2) is 10.7. The highest BCUT2D eigenvalue weighted by Crippen LogP contribution is 2.31. The van der Waals surface area contributed by atoms with Crippen LogP contribution >= 0.6 is 0 Å². The molecule has 0 saturated carbocycles. The number of anilines is 2. The van der Waals surface area contributed by atoms with Gasteiger partial charge in [0.25, 0.3) is 5.91 Å². The fourth-order valence-electron chi connectivity index (χ4n) is 3.93. The van der Waals surface area contributed by atoms with Crippen molar-refractivity contribution in [3.8, 4) is 11.5 Å². The minimum absolute atomic E-state index is 0.176. The van der Waals surface area contributed by atoms with E-state index in [1.165, 1.54) is 0 Å². The highest BCUT2D eigenvalue weighted by molar-refractivity contribution is 5.75. The van der Waals surface area contributed by atoms with Crippen LogP contribution in [0.5, 0.6) is 11.5 Å². The van der Waals surface area contributed by atoms with Gasteiger partial charge in [0.2, 0.25) is 0 Å². The summed E-state index contributed by atoms with van der Waals surface area (Å²) in [5, 5.41) is 3.21. The third kappa shape index (κ3) is 6.17. The van der Waals surface area contributed by atoms with E-state index in [0.717, 1.165) is 49.6 Å². The molecule has 1 amide bonds. The number of methoxy groups -OCH3 is 1. The minimum atomic E-state index is -0.522. The number of amides is 1. The Kier molecular flexibility index (Phi) is 7.31. The first-order valence-electron chi connectivity index (χ1n) is 10.9. The number of carbonyl (C=O) groups excluding carboxylic acids is 1. The first kappa shape index (κ1) is 22.5. The summed E-state index contributed by atoms with van der Waals surface area (Å²) >= 11 is 0. The average Bonchev–Trinajstić information content (AvgIpc) is 2.84. The molecule has 1 aliphatic rings. The van der Waals surface area contributed by atoms with Crippen LogP contribution in [0.2, 0.25) is 0 Å². The van der Waals surface area contributed by atoms with Crippen molar-refractivity contribution in [2.24, 2.45) is 5.73 Å². The largest absolute Gasteiger partial charge is 0.493 e. The average molecular weight is 449 g/mol. The summed E-state index contributed by atoms with van der Waals surface area (Å²) in [5.74, 6) is 2.41. The molecule has 33 heavy (non-hydrogen) atoms. The standard InChI is InChI=1S/C24H28N6O3/c1-32-21-12-17(5-6-20(21)33-16-22(25)31)15-30-10-7-18(8-11-30)19-13-26-14-24(28-19)29-23-4-2-3-9-27-23/h2-6,9,12-14,18H,7-8,10-11,15-16H2,1H3,(H2,25,31)(H,27,28,29). The smallest absolute Gasteiger partial charge is 0.255 e. The molecule has 3 heterocycles. The number of ether oxygens (including phenoxy) is 2. The molecule has 0 bridgehead atoms. The van der Waals surface area contributed by atoms with E-state index in [1.807, 2.05) is 42.6 Å². The van der Waals surface area contributed by atoms with Crippen LogP contribution in [0.1, 0.15) is 30.0 Å². The zero-order chi connectivity index (χ0) is 23.0. The van der Waals surface area contributed by atoms with Gasteiger partial charge in [0.1, 0.15) is 11.6 Å². The molecule has 1 aliphatic heterocycles. The van der Waals surface area contributed by atoms with Gasteiger partial charge < -0.3 is 20.5 Å². The Morgan fingerprint density at radius 1 is 1.15 bits per heavy atom. The molecule has 1 fully saturated rings. The van der Waals surface area contributed by atoms with E-state index >= 15 is 0 Å². The van der Waals surface area contributed by atoms with Gasteiger partial charge in [-0.2, -0.15) is 0 Å². The highest BCUT2D eigenvalue weighted by Gasteiger charge is 2.22. The SMILES string of the molecule is COc1cc(CN2CCC(c3cncc(Nc4ccccn4)n3)CC2)ccc1OCC(N)=O. The Morgan fingerprint density at radius 3 is 2.73 bits per heavy atom. The number of aromatic nitrogens is 3. The van der Waals surface area contributed by atoms with Crippen molar-refractivity contribution in [1.82, 2.24) is 19.9 Å². The number of nitrogens with two attached hydrogens (primary N) is 1. The fourth-order valence-corrected chi connectivity index (χ4v) is 3.93. The Hall–Kier alpha value is -3.72.